The van der Waals surface area contributed by atoms with E-state index in [4.69, 9.17) is 4.74 Å². The number of hydrogen-bond donors (Lipinski definition) is 1. The Morgan fingerprint density at radius 2 is 1.76 bits per heavy atom. The Hall–Kier alpha value is -1.51. The summed E-state index contributed by atoms with van der Waals surface area (Å²) in [5.41, 5.74) is 1.10. The number of nitrogens with one attached hydrogen (secondary N) is 1. The average Bonchev–Trinajstić information content (AvgIpc) is 2.46. The molecular formula is C18H29NO2. The van der Waals surface area contributed by atoms with Gasteiger partial charge in [0, 0.05) is 13.0 Å². The minimum absolute atomic E-state index is 0.147. The van der Waals surface area contributed by atoms with Gasteiger partial charge >= 0.3 is 0 Å². The van der Waals surface area contributed by atoms with Crippen LogP contribution in [-0.2, 0) is 11.3 Å². The maximum absolute atomic E-state index is 11.7. The number of unbranched alkanes of at least 4 members (excludes halogenated alkanes) is 4. The number of carbonyl (C=O) groups excluding carboxylic acids is 1. The zero-order valence-corrected chi connectivity index (χ0v) is 13.7. The van der Waals surface area contributed by atoms with E-state index in [1.54, 1.807) is 0 Å². The second-order valence-corrected chi connectivity index (χ2v) is 5.75. The molecule has 1 amide bonds. The fraction of sp³-hybridized carbons (Fsp3) is 0.611. The van der Waals surface area contributed by atoms with Crippen LogP contribution in [-0.4, -0.2) is 12.0 Å². The van der Waals surface area contributed by atoms with Gasteiger partial charge in [-0.25, -0.2) is 0 Å². The Balaban J connectivity index is 2.20. The van der Waals surface area contributed by atoms with Gasteiger partial charge in [-0.1, -0.05) is 44.7 Å². The Labute approximate surface area is 129 Å². The molecule has 0 spiro atoms. The summed E-state index contributed by atoms with van der Waals surface area (Å²) < 4.78 is 5.59. The van der Waals surface area contributed by atoms with E-state index >= 15 is 0 Å². The summed E-state index contributed by atoms with van der Waals surface area (Å²) in [6.07, 6.45) is 6.72. The molecule has 0 heterocycles. The van der Waals surface area contributed by atoms with Crippen LogP contribution in [0.3, 0.4) is 0 Å². The first-order chi connectivity index (χ1) is 10.1. The second-order valence-electron chi connectivity index (χ2n) is 5.75. The minimum atomic E-state index is 0.147. The highest BCUT2D eigenvalue weighted by Crippen LogP contribution is 2.13. The number of hydrogen-bond acceptors (Lipinski definition) is 2. The zero-order valence-electron chi connectivity index (χ0n) is 13.7. The summed E-state index contributed by atoms with van der Waals surface area (Å²) in [6.45, 7) is 6.81. The van der Waals surface area contributed by atoms with Crippen LogP contribution >= 0.6 is 0 Å². The number of amides is 1. The van der Waals surface area contributed by atoms with Crippen LogP contribution in [0.15, 0.2) is 24.3 Å². The van der Waals surface area contributed by atoms with Crippen molar-refractivity contribution in [3.63, 3.8) is 0 Å². The summed E-state index contributed by atoms with van der Waals surface area (Å²) in [7, 11) is 0. The van der Waals surface area contributed by atoms with Crippen molar-refractivity contribution in [2.75, 3.05) is 0 Å². The maximum atomic E-state index is 11.7. The van der Waals surface area contributed by atoms with E-state index in [-0.39, 0.29) is 12.0 Å². The van der Waals surface area contributed by atoms with E-state index in [0.717, 1.165) is 24.2 Å². The fourth-order valence-electron chi connectivity index (χ4n) is 2.14. The van der Waals surface area contributed by atoms with E-state index in [0.29, 0.717) is 13.0 Å². The van der Waals surface area contributed by atoms with Crippen molar-refractivity contribution in [2.24, 2.45) is 0 Å². The third-order valence-corrected chi connectivity index (χ3v) is 3.29. The molecule has 21 heavy (non-hydrogen) atoms. The highest BCUT2D eigenvalue weighted by Gasteiger charge is 2.02. The number of carbonyl (C=O) groups is 1. The van der Waals surface area contributed by atoms with Gasteiger partial charge in [-0.3, -0.25) is 4.79 Å². The summed E-state index contributed by atoms with van der Waals surface area (Å²) in [4.78, 5) is 11.7. The van der Waals surface area contributed by atoms with Gasteiger partial charge in [0.2, 0.25) is 5.91 Å². The molecule has 0 aromatic heterocycles. The van der Waals surface area contributed by atoms with Crippen LogP contribution in [0, 0.1) is 0 Å². The van der Waals surface area contributed by atoms with Crippen LogP contribution in [0.4, 0.5) is 0 Å². The molecule has 0 atom stereocenters. The number of ether oxygens (including phenoxy) is 1. The van der Waals surface area contributed by atoms with E-state index in [1.165, 1.54) is 19.3 Å². The first-order valence-corrected chi connectivity index (χ1v) is 8.14. The molecule has 0 aliphatic heterocycles. The molecule has 0 saturated carbocycles. The lowest BCUT2D eigenvalue weighted by Crippen LogP contribution is -2.22. The Kier molecular flexibility index (Phi) is 8.56. The third-order valence-electron chi connectivity index (χ3n) is 3.29. The summed E-state index contributed by atoms with van der Waals surface area (Å²) in [5.74, 6) is 1.02. The van der Waals surface area contributed by atoms with Crippen molar-refractivity contribution in [1.29, 1.82) is 0 Å². The maximum Gasteiger partial charge on any atom is 0.220 e. The monoisotopic (exact) mass is 291 g/mol. The first-order valence-electron chi connectivity index (χ1n) is 8.14. The molecule has 3 heteroatoms. The highest BCUT2D eigenvalue weighted by atomic mass is 16.5. The molecule has 1 aromatic rings. The molecule has 0 aliphatic rings. The molecule has 0 radical (unpaired) electrons. The van der Waals surface area contributed by atoms with Crippen molar-refractivity contribution < 1.29 is 9.53 Å². The van der Waals surface area contributed by atoms with E-state index in [2.05, 4.69) is 12.2 Å². The van der Waals surface area contributed by atoms with Crippen LogP contribution in [0.1, 0.15) is 64.9 Å². The largest absolute Gasteiger partial charge is 0.491 e. The molecule has 3 nitrogen and oxygen atoms in total. The van der Waals surface area contributed by atoms with Crippen LogP contribution in [0.25, 0.3) is 0 Å². The van der Waals surface area contributed by atoms with E-state index < -0.39 is 0 Å². The lowest BCUT2D eigenvalue weighted by atomic mass is 10.1. The van der Waals surface area contributed by atoms with Gasteiger partial charge in [-0.15, -0.1) is 0 Å². The van der Waals surface area contributed by atoms with Gasteiger partial charge in [-0.05, 0) is 38.0 Å². The molecule has 1 rings (SSSR count). The number of benzene rings is 1. The Bertz CT molecular complexity index is 398. The molecule has 1 N–H and O–H groups in total. The molecule has 0 unspecified atom stereocenters. The van der Waals surface area contributed by atoms with Crippen LogP contribution in [0.2, 0.25) is 0 Å². The molecule has 0 saturated heterocycles. The standard InChI is InChI=1S/C18H29NO2/c1-4-5-6-7-8-9-18(20)19-14-16-10-12-17(13-11-16)21-15(2)3/h10-13,15H,4-9,14H2,1-3H3,(H,19,20). The fourth-order valence-corrected chi connectivity index (χ4v) is 2.14. The van der Waals surface area contributed by atoms with Gasteiger partial charge in [-0.2, -0.15) is 0 Å². The SMILES string of the molecule is CCCCCCCC(=O)NCc1ccc(OC(C)C)cc1. The quantitative estimate of drug-likeness (QED) is 0.647. The molecule has 0 aliphatic carbocycles. The summed E-state index contributed by atoms with van der Waals surface area (Å²) >= 11 is 0. The van der Waals surface area contributed by atoms with Gasteiger partial charge in [0.15, 0.2) is 0 Å². The average molecular weight is 291 g/mol. The first kappa shape index (κ1) is 17.5. The van der Waals surface area contributed by atoms with Crippen molar-refractivity contribution in [3.8, 4) is 5.75 Å². The Morgan fingerprint density at radius 1 is 1.10 bits per heavy atom. The van der Waals surface area contributed by atoms with Crippen molar-refractivity contribution >= 4 is 5.91 Å². The zero-order chi connectivity index (χ0) is 15.5. The number of rotatable bonds is 10. The molecule has 1 aromatic carbocycles. The summed E-state index contributed by atoms with van der Waals surface area (Å²) in [6, 6.07) is 7.90. The van der Waals surface area contributed by atoms with Gasteiger partial charge in [0.25, 0.3) is 0 Å². The minimum Gasteiger partial charge on any atom is -0.491 e. The lowest BCUT2D eigenvalue weighted by Gasteiger charge is -2.10. The molecular weight excluding hydrogens is 262 g/mol. The molecule has 0 fully saturated rings. The van der Waals surface area contributed by atoms with Crippen molar-refractivity contribution in [1.82, 2.24) is 5.32 Å². The van der Waals surface area contributed by atoms with Gasteiger partial charge in [0.1, 0.15) is 5.75 Å². The lowest BCUT2D eigenvalue weighted by molar-refractivity contribution is -0.121. The molecule has 118 valence electrons. The smallest absolute Gasteiger partial charge is 0.220 e. The van der Waals surface area contributed by atoms with Crippen LogP contribution < -0.4 is 10.1 Å². The highest BCUT2D eigenvalue weighted by molar-refractivity contribution is 5.75. The predicted octanol–water partition coefficient (Wildman–Crippen LogP) is 4.45. The third kappa shape index (κ3) is 8.38. The van der Waals surface area contributed by atoms with E-state index in [1.807, 2.05) is 38.1 Å². The molecule has 0 bridgehead atoms. The predicted molar refractivity (Wildman–Crippen MR) is 87.4 cm³/mol. The van der Waals surface area contributed by atoms with Crippen LogP contribution in [0.5, 0.6) is 5.75 Å². The second kappa shape index (κ2) is 10.3. The summed E-state index contributed by atoms with van der Waals surface area (Å²) in [5, 5.41) is 2.97. The van der Waals surface area contributed by atoms with Crippen molar-refractivity contribution in [3.05, 3.63) is 29.8 Å². The van der Waals surface area contributed by atoms with E-state index in [9.17, 15) is 4.79 Å². The van der Waals surface area contributed by atoms with Crippen molar-refractivity contribution in [2.45, 2.75) is 71.9 Å². The topological polar surface area (TPSA) is 38.3 Å². The van der Waals surface area contributed by atoms with Gasteiger partial charge < -0.3 is 10.1 Å². The normalized spacial score (nSPS) is 10.7. The van der Waals surface area contributed by atoms with Gasteiger partial charge in [0.05, 0.1) is 6.10 Å². The Morgan fingerprint density at radius 3 is 2.38 bits per heavy atom.